The van der Waals surface area contributed by atoms with Crippen molar-refractivity contribution < 1.29 is 13.2 Å². The Morgan fingerprint density at radius 3 is 2.39 bits per heavy atom. The van der Waals surface area contributed by atoms with Gasteiger partial charge in [-0.05, 0) is 25.5 Å². The maximum Gasteiger partial charge on any atom is 0.267 e. The van der Waals surface area contributed by atoms with Gasteiger partial charge in [-0.1, -0.05) is 29.8 Å². The molecule has 1 aromatic rings. The van der Waals surface area contributed by atoms with Gasteiger partial charge in [0.15, 0.2) is 0 Å². The lowest BCUT2D eigenvalue weighted by atomic mass is 10.1. The van der Waals surface area contributed by atoms with E-state index in [1.54, 1.807) is 36.4 Å². The number of aryl methyl sites for hydroxylation is 1. The summed E-state index contributed by atoms with van der Waals surface area (Å²) in [6.45, 7) is 1.89. The van der Waals surface area contributed by atoms with Gasteiger partial charge in [0.1, 0.15) is 0 Å². The van der Waals surface area contributed by atoms with Gasteiger partial charge in [0.2, 0.25) is 5.91 Å². The number of nitrogens with zero attached hydrogens (tertiary/aromatic N) is 1. The Kier molecular flexibility index (Phi) is 2.35. The average Bonchev–Trinajstić information content (AvgIpc) is 2.89. The molecule has 2 bridgehead atoms. The summed E-state index contributed by atoms with van der Waals surface area (Å²) in [6, 6.07) is 6.28. The first kappa shape index (κ1) is 11.5. The fourth-order valence-electron chi connectivity index (χ4n) is 2.48. The maximum absolute atomic E-state index is 12.4. The SMILES string of the molecule is Cc1ccc(S(=O)(=O)N2C(=O)[C@H]3C=C[C@@H]2C3)cc1. The minimum absolute atomic E-state index is 0.183. The Morgan fingerprint density at radius 2 is 1.83 bits per heavy atom. The van der Waals surface area contributed by atoms with Crippen molar-refractivity contribution in [1.29, 1.82) is 0 Å². The van der Waals surface area contributed by atoms with Gasteiger partial charge in [-0.15, -0.1) is 0 Å². The third-order valence-corrected chi connectivity index (χ3v) is 5.31. The first-order valence-corrected chi connectivity index (χ1v) is 7.27. The van der Waals surface area contributed by atoms with Crippen LogP contribution in [0.25, 0.3) is 0 Å². The highest BCUT2D eigenvalue weighted by molar-refractivity contribution is 7.89. The van der Waals surface area contributed by atoms with Gasteiger partial charge in [-0.3, -0.25) is 4.79 Å². The fourth-order valence-corrected chi connectivity index (χ4v) is 4.08. The normalized spacial score (nSPS) is 26.1. The zero-order valence-electron chi connectivity index (χ0n) is 9.91. The molecular weight excluding hydrogens is 250 g/mol. The number of carbonyl (C=O) groups excluding carboxylic acids is 1. The van der Waals surface area contributed by atoms with E-state index in [4.69, 9.17) is 0 Å². The highest BCUT2D eigenvalue weighted by Gasteiger charge is 2.47. The second-order valence-corrected chi connectivity index (χ2v) is 6.56. The summed E-state index contributed by atoms with van der Waals surface area (Å²) in [6.07, 6.45) is 4.19. The predicted octanol–water partition coefficient (Wildman–Crippen LogP) is 1.47. The largest absolute Gasteiger partial charge is 0.273 e. The first-order valence-electron chi connectivity index (χ1n) is 5.83. The molecule has 0 saturated carbocycles. The van der Waals surface area contributed by atoms with Crippen LogP contribution in [0.15, 0.2) is 41.3 Å². The summed E-state index contributed by atoms with van der Waals surface area (Å²) in [5, 5.41) is 0. The summed E-state index contributed by atoms with van der Waals surface area (Å²) in [5.41, 5.74) is 0.989. The highest BCUT2D eigenvalue weighted by Crippen LogP contribution is 2.36. The monoisotopic (exact) mass is 263 g/mol. The van der Waals surface area contributed by atoms with Gasteiger partial charge >= 0.3 is 0 Å². The van der Waals surface area contributed by atoms with E-state index in [1.165, 1.54) is 0 Å². The molecule has 4 nitrogen and oxygen atoms in total. The molecule has 0 N–H and O–H groups in total. The Morgan fingerprint density at radius 1 is 1.17 bits per heavy atom. The molecule has 1 aromatic carbocycles. The smallest absolute Gasteiger partial charge is 0.267 e. The number of sulfonamides is 1. The quantitative estimate of drug-likeness (QED) is 0.759. The molecule has 1 aliphatic heterocycles. The molecule has 0 aromatic heterocycles. The van der Waals surface area contributed by atoms with Gasteiger partial charge in [0.25, 0.3) is 10.0 Å². The summed E-state index contributed by atoms with van der Waals surface area (Å²) in [7, 11) is -3.70. The van der Waals surface area contributed by atoms with Crippen molar-refractivity contribution in [3.05, 3.63) is 42.0 Å². The molecule has 1 saturated heterocycles. The molecule has 2 aliphatic rings. The Labute approximate surface area is 106 Å². The van der Waals surface area contributed by atoms with E-state index in [0.717, 1.165) is 9.87 Å². The van der Waals surface area contributed by atoms with Crippen molar-refractivity contribution in [3.8, 4) is 0 Å². The molecule has 18 heavy (non-hydrogen) atoms. The topological polar surface area (TPSA) is 54.5 Å². The zero-order chi connectivity index (χ0) is 12.9. The summed E-state index contributed by atoms with van der Waals surface area (Å²) in [5.74, 6) is -0.557. The average molecular weight is 263 g/mol. The van der Waals surface area contributed by atoms with E-state index in [-0.39, 0.29) is 22.8 Å². The molecule has 1 fully saturated rings. The number of hydrogen-bond acceptors (Lipinski definition) is 3. The van der Waals surface area contributed by atoms with E-state index < -0.39 is 10.0 Å². The van der Waals surface area contributed by atoms with Gasteiger partial charge in [0.05, 0.1) is 16.9 Å². The lowest BCUT2D eigenvalue weighted by Gasteiger charge is -2.23. The molecule has 0 spiro atoms. The standard InChI is InChI=1S/C13H13NO3S/c1-9-2-6-12(7-3-9)18(16,17)14-11-5-4-10(8-11)13(14)15/h2-7,10-11H,8H2,1H3/t10-,11+/m0/s1. The van der Waals surface area contributed by atoms with E-state index in [2.05, 4.69) is 0 Å². The summed E-state index contributed by atoms with van der Waals surface area (Å²) in [4.78, 5) is 12.1. The molecule has 5 heteroatoms. The van der Waals surface area contributed by atoms with E-state index in [0.29, 0.717) is 6.42 Å². The van der Waals surface area contributed by atoms with Crippen molar-refractivity contribution in [3.63, 3.8) is 0 Å². The van der Waals surface area contributed by atoms with E-state index in [9.17, 15) is 13.2 Å². The fraction of sp³-hybridized carbons (Fsp3) is 0.308. The lowest BCUT2D eigenvalue weighted by molar-refractivity contribution is -0.126. The van der Waals surface area contributed by atoms with Gasteiger partial charge < -0.3 is 0 Å². The number of rotatable bonds is 2. The van der Waals surface area contributed by atoms with Gasteiger partial charge in [0, 0.05) is 0 Å². The molecule has 0 radical (unpaired) electrons. The minimum Gasteiger partial charge on any atom is -0.273 e. The Balaban J connectivity index is 2.03. The second kappa shape index (κ2) is 3.68. The second-order valence-electron chi connectivity index (χ2n) is 4.75. The first-order chi connectivity index (χ1) is 8.50. The van der Waals surface area contributed by atoms with Gasteiger partial charge in [-0.25, -0.2) is 12.7 Å². The Hall–Kier alpha value is -1.62. The minimum atomic E-state index is -3.70. The molecule has 2 atom stereocenters. The van der Waals surface area contributed by atoms with Crippen molar-refractivity contribution in [2.45, 2.75) is 24.3 Å². The number of fused-ring (bicyclic) bond motifs is 2. The zero-order valence-corrected chi connectivity index (χ0v) is 10.7. The number of benzene rings is 1. The van der Waals surface area contributed by atoms with Crippen molar-refractivity contribution in [2.24, 2.45) is 5.92 Å². The predicted molar refractivity (Wildman–Crippen MR) is 66.2 cm³/mol. The molecule has 3 rings (SSSR count). The lowest BCUT2D eigenvalue weighted by Crippen LogP contribution is -2.39. The number of hydrogen-bond donors (Lipinski definition) is 0. The molecular formula is C13H13NO3S. The van der Waals surface area contributed by atoms with Crippen LogP contribution in [0.5, 0.6) is 0 Å². The third-order valence-electron chi connectivity index (χ3n) is 3.47. The third kappa shape index (κ3) is 1.50. The van der Waals surface area contributed by atoms with E-state index in [1.807, 2.05) is 6.92 Å². The Bertz CT molecular complexity index is 631. The van der Waals surface area contributed by atoms with Crippen LogP contribution in [0.2, 0.25) is 0 Å². The van der Waals surface area contributed by atoms with Crippen LogP contribution in [-0.4, -0.2) is 24.7 Å². The number of amides is 1. The number of carbonyl (C=O) groups is 1. The molecule has 0 unspecified atom stereocenters. The van der Waals surface area contributed by atoms with Crippen molar-refractivity contribution in [1.82, 2.24) is 4.31 Å². The van der Waals surface area contributed by atoms with Crippen LogP contribution in [-0.2, 0) is 14.8 Å². The van der Waals surface area contributed by atoms with Gasteiger partial charge in [-0.2, -0.15) is 0 Å². The molecule has 1 amide bonds. The van der Waals surface area contributed by atoms with Crippen molar-refractivity contribution >= 4 is 15.9 Å². The van der Waals surface area contributed by atoms with Crippen LogP contribution in [0.1, 0.15) is 12.0 Å². The van der Waals surface area contributed by atoms with Crippen LogP contribution < -0.4 is 0 Å². The van der Waals surface area contributed by atoms with E-state index >= 15 is 0 Å². The molecule has 94 valence electrons. The maximum atomic E-state index is 12.4. The summed E-state index contributed by atoms with van der Waals surface area (Å²) < 4.78 is 25.9. The molecule has 1 aliphatic carbocycles. The van der Waals surface area contributed by atoms with Crippen molar-refractivity contribution in [2.75, 3.05) is 0 Å². The van der Waals surface area contributed by atoms with Crippen LogP contribution in [0.3, 0.4) is 0 Å². The highest BCUT2D eigenvalue weighted by atomic mass is 32.2. The van der Waals surface area contributed by atoms with Crippen LogP contribution in [0, 0.1) is 12.8 Å². The van der Waals surface area contributed by atoms with Crippen LogP contribution >= 0.6 is 0 Å². The molecule has 1 heterocycles. The van der Waals surface area contributed by atoms with Crippen LogP contribution in [0.4, 0.5) is 0 Å². The summed E-state index contributed by atoms with van der Waals surface area (Å²) >= 11 is 0.